The number of anilines is 1. The highest BCUT2D eigenvalue weighted by molar-refractivity contribution is 7.89. The molecule has 0 spiro atoms. The molecule has 0 aliphatic heterocycles. The predicted octanol–water partition coefficient (Wildman–Crippen LogP) is 3.35. The van der Waals surface area contributed by atoms with E-state index in [1.54, 1.807) is 13.8 Å². The first-order chi connectivity index (χ1) is 13.2. The summed E-state index contributed by atoms with van der Waals surface area (Å²) in [6, 6.07) is 6.51. The van der Waals surface area contributed by atoms with Crippen molar-refractivity contribution in [2.24, 2.45) is 5.10 Å². The van der Waals surface area contributed by atoms with Gasteiger partial charge in [0.1, 0.15) is 5.69 Å². The van der Waals surface area contributed by atoms with E-state index in [4.69, 9.17) is 0 Å². The van der Waals surface area contributed by atoms with Crippen LogP contribution in [0.3, 0.4) is 0 Å². The number of hydrogen-bond donors (Lipinski definition) is 1. The van der Waals surface area contributed by atoms with Crippen molar-refractivity contribution in [3.8, 4) is 0 Å². The maximum Gasteiger partial charge on any atom is 0.295 e. The van der Waals surface area contributed by atoms with Gasteiger partial charge in [-0.25, -0.2) is 17.2 Å². The smallest absolute Gasteiger partial charge is 0.272 e. The minimum absolute atomic E-state index is 0.0534. The third-order valence-corrected chi connectivity index (χ3v) is 5.90. The van der Waals surface area contributed by atoms with Crippen LogP contribution in [0.2, 0.25) is 0 Å². The number of nitro benzene ring substituents is 1. The molecular weight excluding hydrogens is 394 g/mol. The van der Waals surface area contributed by atoms with Crippen LogP contribution in [0.5, 0.6) is 0 Å². The maximum absolute atomic E-state index is 13.2. The molecule has 0 unspecified atom stereocenters. The van der Waals surface area contributed by atoms with Gasteiger partial charge in [-0.05, 0) is 29.8 Å². The Morgan fingerprint density at radius 2 is 1.82 bits per heavy atom. The Balaban J connectivity index is 2.31. The molecule has 0 aromatic heterocycles. The lowest BCUT2D eigenvalue weighted by Gasteiger charge is -2.18. The van der Waals surface area contributed by atoms with E-state index in [-0.39, 0.29) is 29.2 Å². The molecular formula is C17H18F2N4O4S. The predicted molar refractivity (Wildman–Crippen MR) is 101 cm³/mol. The summed E-state index contributed by atoms with van der Waals surface area (Å²) in [6.07, 6.45) is 1.15. The van der Waals surface area contributed by atoms with Gasteiger partial charge >= 0.3 is 0 Å². The molecule has 0 aliphatic rings. The largest absolute Gasteiger partial charge is 0.295 e. The van der Waals surface area contributed by atoms with Gasteiger partial charge in [0.15, 0.2) is 11.6 Å². The zero-order chi connectivity index (χ0) is 20.9. The Kier molecular flexibility index (Phi) is 6.75. The summed E-state index contributed by atoms with van der Waals surface area (Å²) in [7, 11) is -3.86. The zero-order valence-corrected chi connectivity index (χ0v) is 15.9. The Labute approximate surface area is 160 Å². The van der Waals surface area contributed by atoms with Crippen LogP contribution in [-0.4, -0.2) is 37.0 Å². The van der Waals surface area contributed by atoms with Crippen LogP contribution in [-0.2, 0) is 10.0 Å². The lowest BCUT2D eigenvalue weighted by Crippen LogP contribution is -2.30. The van der Waals surface area contributed by atoms with E-state index >= 15 is 0 Å². The molecule has 0 fully saturated rings. The molecule has 0 atom stereocenters. The third kappa shape index (κ3) is 4.67. The monoisotopic (exact) mass is 412 g/mol. The number of hydrazone groups is 1. The highest BCUT2D eigenvalue weighted by Gasteiger charge is 2.25. The summed E-state index contributed by atoms with van der Waals surface area (Å²) < 4.78 is 52.3. The Morgan fingerprint density at radius 3 is 2.39 bits per heavy atom. The second-order valence-corrected chi connectivity index (χ2v) is 7.51. The summed E-state index contributed by atoms with van der Waals surface area (Å²) in [6.45, 7) is 3.78. The van der Waals surface area contributed by atoms with E-state index in [0.29, 0.717) is 0 Å². The highest BCUT2D eigenvalue weighted by Crippen LogP contribution is 2.29. The van der Waals surface area contributed by atoms with Crippen molar-refractivity contribution in [2.45, 2.75) is 18.7 Å². The summed E-state index contributed by atoms with van der Waals surface area (Å²) >= 11 is 0. The lowest BCUT2D eigenvalue weighted by molar-refractivity contribution is -0.384. The average Bonchev–Trinajstić information content (AvgIpc) is 2.65. The molecule has 0 aliphatic carbocycles. The summed E-state index contributed by atoms with van der Waals surface area (Å²) in [5, 5.41) is 15.1. The zero-order valence-electron chi connectivity index (χ0n) is 15.1. The number of hydrogen-bond acceptors (Lipinski definition) is 6. The van der Waals surface area contributed by atoms with Gasteiger partial charge in [0.05, 0.1) is 16.0 Å². The second-order valence-electron chi connectivity index (χ2n) is 5.57. The molecule has 0 radical (unpaired) electrons. The van der Waals surface area contributed by atoms with Crippen molar-refractivity contribution in [1.29, 1.82) is 0 Å². The molecule has 0 bridgehead atoms. The van der Waals surface area contributed by atoms with E-state index in [9.17, 15) is 27.3 Å². The second kappa shape index (κ2) is 8.85. The number of halogens is 2. The van der Waals surface area contributed by atoms with Crippen LogP contribution in [0, 0.1) is 21.7 Å². The topological polar surface area (TPSA) is 105 Å². The van der Waals surface area contributed by atoms with Crippen molar-refractivity contribution < 1.29 is 22.1 Å². The first kappa shape index (κ1) is 21.4. The highest BCUT2D eigenvalue weighted by atomic mass is 32.2. The molecule has 0 saturated carbocycles. The van der Waals surface area contributed by atoms with Crippen molar-refractivity contribution in [3.63, 3.8) is 0 Å². The Morgan fingerprint density at radius 1 is 1.14 bits per heavy atom. The van der Waals surface area contributed by atoms with Crippen molar-refractivity contribution in [2.75, 3.05) is 18.5 Å². The maximum atomic E-state index is 13.2. The summed E-state index contributed by atoms with van der Waals surface area (Å²) in [4.78, 5) is 10.4. The van der Waals surface area contributed by atoms with Crippen molar-refractivity contribution >= 4 is 27.6 Å². The van der Waals surface area contributed by atoms with Gasteiger partial charge in [0.2, 0.25) is 10.0 Å². The molecule has 2 rings (SSSR count). The van der Waals surface area contributed by atoms with Crippen molar-refractivity contribution in [1.82, 2.24) is 4.31 Å². The van der Waals surface area contributed by atoms with Crippen LogP contribution in [0.1, 0.15) is 19.4 Å². The molecule has 0 amide bonds. The fourth-order valence-electron chi connectivity index (χ4n) is 2.40. The van der Waals surface area contributed by atoms with Gasteiger partial charge in [0.25, 0.3) is 5.69 Å². The Hall–Kier alpha value is -2.92. The lowest BCUT2D eigenvalue weighted by atomic mass is 10.2. The van der Waals surface area contributed by atoms with Gasteiger partial charge in [-0.15, -0.1) is 0 Å². The Bertz CT molecular complexity index is 1010. The van der Waals surface area contributed by atoms with Gasteiger partial charge in [0, 0.05) is 19.2 Å². The number of sulfonamides is 1. The summed E-state index contributed by atoms with van der Waals surface area (Å²) in [5.74, 6) is -2.06. The van der Waals surface area contributed by atoms with Crippen molar-refractivity contribution in [3.05, 3.63) is 63.7 Å². The SMILES string of the molecule is CCN(CC)S(=O)(=O)c1ccc(N/N=C\c2ccc(F)c(F)c2)c([N+](=O)[O-])c1. The molecule has 2 aromatic carbocycles. The minimum atomic E-state index is -3.86. The van der Waals surface area contributed by atoms with Gasteiger partial charge in [-0.3, -0.25) is 15.5 Å². The third-order valence-electron chi connectivity index (χ3n) is 3.85. The number of rotatable bonds is 8. The number of benzene rings is 2. The molecule has 1 N–H and O–H groups in total. The fourth-order valence-corrected chi connectivity index (χ4v) is 3.88. The van der Waals surface area contributed by atoms with Crippen LogP contribution >= 0.6 is 0 Å². The van der Waals surface area contributed by atoms with Gasteiger partial charge in [-0.1, -0.05) is 19.9 Å². The minimum Gasteiger partial charge on any atom is -0.272 e. The van der Waals surface area contributed by atoms with Crippen LogP contribution in [0.15, 0.2) is 46.4 Å². The van der Waals surface area contributed by atoms with Gasteiger partial charge < -0.3 is 0 Å². The molecule has 0 heterocycles. The van der Waals surface area contributed by atoms with Gasteiger partial charge in [-0.2, -0.15) is 9.41 Å². The average molecular weight is 412 g/mol. The van der Waals surface area contributed by atoms with E-state index in [1.165, 1.54) is 22.5 Å². The normalized spacial score (nSPS) is 11.9. The van der Waals surface area contributed by atoms with Crippen LogP contribution in [0.25, 0.3) is 0 Å². The quantitative estimate of drug-likeness (QED) is 0.407. The fraction of sp³-hybridized carbons (Fsp3) is 0.235. The van der Waals surface area contributed by atoms with Crippen LogP contribution in [0.4, 0.5) is 20.2 Å². The number of nitrogens with one attached hydrogen (secondary N) is 1. The standard InChI is InChI=1S/C17H18F2N4O4S/c1-3-22(4-2)28(26,27)13-6-8-16(17(10-13)23(24)25)21-20-11-12-5-7-14(18)15(19)9-12/h5-11,21H,3-4H2,1-2H3/b20-11-. The van der Waals surface area contributed by atoms with E-state index in [0.717, 1.165) is 24.4 Å². The summed E-state index contributed by atoms with van der Waals surface area (Å²) in [5.41, 5.74) is 2.10. The van der Waals surface area contributed by atoms with Crippen LogP contribution < -0.4 is 5.43 Å². The molecule has 28 heavy (non-hydrogen) atoms. The molecule has 2 aromatic rings. The van der Waals surface area contributed by atoms with E-state index in [2.05, 4.69) is 10.5 Å². The molecule has 150 valence electrons. The number of nitro groups is 1. The van der Waals surface area contributed by atoms with E-state index in [1.807, 2.05) is 0 Å². The molecule has 0 saturated heterocycles. The molecule has 8 nitrogen and oxygen atoms in total. The first-order valence-electron chi connectivity index (χ1n) is 8.23. The first-order valence-corrected chi connectivity index (χ1v) is 9.67. The van der Waals surface area contributed by atoms with E-state index < -0.39 is 32.3 Å². The molecule has 11 heteroatoms. The number of nitrogens with zero attached hydrogens (tertiary/aromatic N) is 3.